The van der Waals surface area contributed by atoms with E-state index in [0.29, 0.717) is 5.75 Å². The van der Waals surface area contributed by atoms with E-state index in [4.69, 9.17) is 0 Å². The van der Waals surface area contributed by atoms with E-state index in [-0.39, 0.29) is 6.04 Å². The van der Waals surface area contributed by atoms with Crippen molar-refractivity contribution in [2.24, 2.45) is 0 Å². The molecule has 0 aliphatic carbocycles. The number of hydrogen-bond acceptors (Lipinski definition) is 3. The van der Waals surface area contributed by atoms with Crippen LogP contribution in [0.5, 0.6) is 0 Å². The van der Waals surface area contributed by atoms with Gasteiger partial charge in [0.15, 0.2) is 0 Å². The highest BCUT2D eigenvalue weighted by Crippen LogP contribution is 2.16. The summed E-state index contributed by atoms with van der Waals surface area (Å²) in [5, 5.41) is 3.31. The summed E-state index contributed by atoms with van der Waals surface area (Å²) in [4.78, 5) is 0. The molecular weight excluding hydrogens is 224 g/mol. The van der Waals surface area contributed by atoms with Crippen LogP contribution in [0, 0.1) is 0 Å². The van der Waals surface area contributed by atoms with E-state index in [1.807, 2.05) is 0 Å². The van der Waals surface area contributed by atoms with Gasteiger partial charge in [-0.15, -0.1) is 0 Å². The fourth-order valence-corrected chi connectivity index (χ4v) is 4.39. The smallest absolute Gasteiger partial charge is 0.215 e. The maximum absolute atomic E-state index is 12.1. The van der Waals surface area contributed by atoms with Crippen LogP contribution in [0.2, 0.25) is 0 Å². The van der Waals surface area contributed by atoms with Crippen LogP contribution in [0.3, 0.4) is 0 Å². The maximum atomic E-state index is 12.1. The molecule has 1 N–H and O–H groups in total. The third-order valence-electron chi connectivity index (χ3n) is 3.53. The molecule has 2 aliphatic heterocycles. The first-order valence-electron chi connectivity index (χ1n) is 6.40. The number of rotatable bonds is 3. The van der Waals surface area contributed by atoms with Crippen LogP contribution in [0.1, 0.15) is 38.5 Å². The van der Waals surface area contributed by atoms with Crippen molar-refractivity contribution in [1.29, 1.82) is 0 Å². The third kappa shape index (κ3) is 3.18. The molecule has 0 radical (unpaired) electrons. The standard InChI is InChI=1S/C11H22N2O2S/c14-16(15,13-8-4-1-5-9-13)10-11-6-2-3-7-12-11/h11-12H,1-10H2. The molecule has 0 bridgehead atoms. The fourth-order valence-electron chi connectivity index (χ4n) is 2.57. The minimum Gasteiger partial charge on any atom is -0.313 e. The molecule has 2 rings (SSSR count). The predicted octanol–water partition coefficient (Wildman–Crippen LogP) is 0.944. The summed E-state index contributed by atoms with van der Waals surface area (Å²) < 4.78 is 26.0. The molecule has 16 heavy (non-hydrogen) atoms. The van der Waals surface area contributed by atoms with Crippen molar-refractivity contribution in [3.8, 4) is 0 Å². The van der Waals surface area contributed by atoms with Gasteiger partial charge in [-0.25, -0.2) is 12.7 Å². The Balaban J connectivity index is 1.90. The third-order valence-corrected chi connectivity index (χ3v) is 5.51. The van der Waals surface area contributed by atoms with Gasteiger partial charge in [0.25, 0.3) is 0 Å². The molecule has 4 nitrogen and oxygen atoms in total. The molecule has 0 aromatic carbocycles. The summed E-state index contributed by atoms with van der Waals surface area (Å²) in [7, 11) is -3.01. The van der Waals surface area contributed by atoms with Crippen molar-refractivity contribution in [3.63, 3.8) is 0 Å². The normalized spacial score (nSPS) is 29.1. The first-order chi connectivity index (χ1) is 7.68. The molecule has 2 saturated heterocycles. The summed E-state index contributed by atoms with van der Waals surface area (Å²) in [5.74, 6) is 0.299. The summed E-state index contributed by atoms with van der Waals surface area (Å²) in [6.07, 6.45) is 6.57. The molecule has 2 aliphatic rings. The van der Waals surface area contributed by atoms with Crippen molar-refractivity contribution in [2.45, 2.75) is 44.6 Å². The first-order valence-corrected chi connectivity index (χ1v) is 8.00. The van der Waals surface area contributed by atoms with Gasteiger partial charge in [0, 0.05) is 19.1 Å². The van der Waals surface area contributed by atoms with E-state index >= 15 is 0 Å². The van der Waals surface area contributed by atoms with Crippen LogP contribution in [0.4, 0.5) is 0 Å². The largest absolute Gasteiger partial charge is 0.313 e. The Kier molecular flexibility index (Phi) is 4.21. The predicted molar refractivity (Wildman–Crippen MR) is 64.9 cm³/mol. The molecule has 0 aromatic heterocycles. The summed E-state index contributed by atoms with van der Waals surface area (Å²) in [5.41, 5.74) is 0. The summed E-state index contributed by atoms with van der Waals surface area (Å²) in [6.45, 7) is 2.43. The highest BCUT2D eigenvalue weighted by Gasteiger charge is 2.27. The molecule has 1 unspecified atom stereocenters. The second kappa shape index (κ2) is 5.47. The van der Waals surface area contributed by atoms with Crippen molar-refractivity contribution < 1.29 is 8.42 Å². The Morgan fingerprint density at radius 1 is 1.06 bits per heavy atom. The number of nitrogens with one attached hydrogen (secondary N) is 1. The van der Waals surface area contributed by atoms with Crippen LogP contribution in [-0.4, -0.2) is 44.2 Å². The van der Waals surface area contributed by atoms with Crippen LogP contribution < -0.4 is 5.32 Å². The van der Waals surface area contributed by atoms with Gasteiger partial charge < -0.3 is 5.32 Å². The van der Waals surface area contributed by atoms with Gasteiger partial charge in [-0.1, -0.05) is 12.8 Å². The van der Waals surface area contributed by atoms with E-state index in [1.165, 1.54) is 12.8 Å². The SMILES string of the molecule is O=S(=O)(CC1CCCCN1)N1CCCCC1. The van der Waals surface area contributed by atoms with Gasteiger partial charge in [-0.3, -0.25) is 0 Å². The number of hydrogen-bond donors (Lipinski definition) is 1. The molecule has 2 heterocycles. The molecule has 1 atom stereocenters. The lowest BCUT2D eigenvalue weighted by Gasteiger charge is -2.29. The number of sulfonamides is 1. The van der Waals surface area contributed by atoms with Crippen LogP contribution in [0.25, 0.3) is 0 Å². The minimum absolute atomic E-state index is 0.181. The Hall–Kier alpha value is -0.130. The molecule has 2 fully saturated rings. The van der Waals surface area contributed by atoms with Crippen molar-refractivity contribution in [1.82, 2.24) is 9.62 Å². The topological polar surface area (TPSA) is 49.4 Å². The lowest BCUT2D eigenvalue weighted by Crippen LogP contribution is -2.45. The Morgan fingerprint density at radius 2 is 1.81 bits per heavy atom. The summed E-state index contributed by atoms with van der Waals surface area (Å²) >= 11 is 0. The Morgan fingerprint density at radius 3 is 2.44 bits per heavy atom. The van der Waals surface area contributed by atoms with Crippen molar-refractivity contribution in [3.05, 3.63) is 0 Å². The molecule has 0 saturated carbocycles. The highest BCUT2D eigenvalue weighted by molar-refractivity contribution is 7.89. The van der Waals surface area contributed by atoms with Crippen molar-refractivity contribution >= 4 is 10.0 Å². The Labute approximate surface area is 98.4 Å². The van der Waals surface area contributed by atoms with Gasteiger partial charge in [0.1, 0.15) is 0 Å². The van der Waals surface area contributed by atoms with Gasteiger partial charge in [-0.2, -0.15) is 0 Å². The molecule has 0 spiro atoms. The highest BCUT2D eigenvalue weighted by atomic mass is 32.2. The zero-order valence-corrected chi connectivity index (χ0v) is 10.6. The second-order valence-corrected chi connectivity index (χ2v) is 6.90. The zero-order valence-electron chi connectivity index (χ0n) is 9.82. The van der Waals surface area contributed by atoms with E-state index in [2.05, 4.69) is 5.32 Å². The lowest BCUT2D eigenvalue weighted by atomic mass is 10.1. The minimum atomic E-state index is -3.01. The zero-order chi connectivity index (χ0) is 11.4. The van der Waals surface area contributed by atoms with Gasteiger partial charge in [0.05, 0.1) is 5.75 Å². The van der Waals surface area contributed by atoms with E-state index in [1.54, 1.807) is 4.31 Å². The van der Waals surface area contributed by atoms with E-state index in [0.717, 1.165) is 45.3 Å². The van der Waals surface area contributed by atoms with Crippen molar-refractivity contribution in [2.75, 3.05) is 25.4 Å². The molecule has 94 valence electrons. The second-order valence-electron chi connectivity index (χ2n) is 4.89. The van der Waals surface area contributed by atoms with Crippen LogP contribution in [0.15, 0.2) is 0 Å². The average Bonchev–Trinajstić information content (AvgIpc) is 2.31. The fraction of sp³-hybridized carbons (Fsp3) is 1.00. The quantitative estimate of drug-likeness (QED) is 0.806. The van der Waals surface area contributed by atoms with Crippen LogP contribution >= 0.6 is 0 Å². The first kappa shape index (κ1) is 12.3. The average molecular weight is 246 g/mol. The Bertz CT molecular complexity index is 304. The van der Waals surface area contributed by atoms with E-state index in [9.17, 15) is 8.42 Å². The van der Waals surface area contributed by atoms with Gasteiger partial charge >= 0.3 is 0 Å². The molecule has 0 aromatic rings. The van der Waals surface area contributed by atoms with E-state index < -0.39 is 10.0 Å². The van der Waals surface area contributed by atoms with Gasteiger partial charge in [-0.05, 0) is 32.2 Å². The lowest BCUT2D eigenvalue weighted by molar-refractivity contribution is 0.340. The van der Waals surface area contributed by atoms with Gasteiger partial charge in [0.2, 0.25) is 10.0 Å². The number of nitrogens with zero attached hydrogens (tertiary/aromatic N) is 1. The number of piperidine rings is 2. The molecular formula is C11H22N2O2S. The summed E-state index contributed by atoms with van der Waals surface area (Å²) in [6, 6.07) is 0.181. The monoisotopic (exact) mass is 246 g/mol. The molecule has 0 amide bonds. The maximum Gasteiger partial charge on any atom is 0.215 e. The van der Waals surface area contributed by atoms with Crippen LogP contribution in [-0.2, 0) is 10.0 Å². The molecule has 5 heteroatoms.